The summed E-state index contributed by atoms with van der Waals surface area (Å²) in [6.45, 7) is 7.38. The standard InChI is InChI=1S/C42H72N2O20/c1-31(61-39(49)17-9-13-35(45)57-27-23-53-5)43(32(2)62-40(50)18-10-14-36(46)58-28-24-54-6)21-22-44(33(3)63-41(51)19-11-15-37(47)59-29-25-55-7)34(4)64-42(52)20-12-16-38(48)60-30-26-56-8/h31-34H,9-30H2,1-8H3. The van der Waals surface area contributed by atoms with E-state index in [1.165, 1.54) is 38.2 Å². The van der Waals surface area contributed by atoms with Crippen LogP contribution in [0.4, 0.5) is 0 Å². The zero-order chi connectivity index (χ0) is 48.1. The van der Waals surface area contributed by atoms with Crippen molar-refractivity contribution >= 4 is 47.8 Å². The summed E-state index contributed by atoms with van der Waals surface area (Å²) < 4.78 is 62.4. The van der Waals surface area contributed by atoms with E-state index in [1.54, 1.807) is 27.7 Å². The van der Waals surface area contributed by atoms with Gasteiger partial charge in [-0.05, 0) is 53.4 Å². The van der Waals surface area contributed by atoms with E-state index in [0.717, 1.165) is 0 Å². The van der Waals surface area contributed by atoms with Gasteiger partial charge in [-0.25, -0.2) is 9.80 Å². The molecule has 0 bridgehead atoms. The lowest BCUT2D eigenvalue weighted by atomic mass is 10.2. The summed E-state index contributed by atoms with van der Waals surface area (Å²) in [5.41, 5.74) is 0. The van der Waals surface area contributed by atoms with E-state index in [4.69, 9.17) is 56.8 Å². The van der Waals surface area contributed by atoms with Crippen LogP contribution in [0, 0.1) is 0 Å². The lowest BCUT2D eigenvalue weighted by Gasteiger charge is -2.38. The van der Waals surface area contributed by atoms with Gasteiger partial charge >= 0.3 is 47.8 Å². The quantitative estimate of drug-likeness (QED) is 0.0372. The van der Waals surface area contributed by atoms with E-state index in [9.17, 15) is 38.4 Å². The van der Waals surface area contributed by atoms with Crippen molar-refractivity contribution in [3.05, 3.63) is 0 Å². The summed E-state index contributed by atoms with van der Waals surface area (Å²) in [5.74, 6) is -4.64. The molecule has 0 aliphatic carbocycles. The van der Waals surface area contributed by atoms with Gasteiger partial charge in [0.05, 0.1) is 26.4 Å². The Morgan fingerprint density at radius 2 is 0.500 bits per heavy atom. The average molecular weight is 925 g/mol. The summed E-state index contributed by atoms with van der Waals surface area (Å²) in [6.07, 6.45) is -4.22. The smallest absolute Gasteiger partial charge is 0.307 e. The van der Waals surface area contributed by atoms with Crippen LogP contribution < -0.4 is 0 Å². The molecule has 4 atom stereocenters. The highest BCUT2D eigenvalue weighted by Crippen LogP contribution is 2.17. The Balaban J connectivity index is 6.06. The Labute approximate surface area is 376 Å². The third-order valence-corrected chi connectivity index (χ3v) is 8.94. The van der Waals surface area contributed by atoms with Gasteiger partial charge in [0.1, 0.15) is 26.4 Å². The van der Waals surface area contributed by atoms with E-state index >= 15 is 0 Å². The molecule has 0 amide bonds. The predicted molar refractivity (Wildman–Crippen MR) is 222 cm³/mol. The van der Waals surface area contributed by atoms with Gasteiger partial charge in [0.25, 0.3) is 0 Å². The molecule has 0 aromatic carbocycles. The van der Waals surface area contributed by atoms with Crippen LogP contribution in [-0.2, 0) is 95.2 Å². The van der Waals surface area contributed by atoms with Gasteiger partial charge < -0.3 is 56.8 Å². The van der Waals surface area contributed by atoms with Gasteiger partial charge in [0.15, 0.2) is 24.9 Å². The maximum atomic E-state index is 13.0. The summed E-state index contributed by atoms with van der Waals surface area (Å²) >= 11 is 0. The summed E-state index contributed by atoms with van der Waals surface area (Å²) in [5, 5.41) is 0. The van der Waals surface area contributed by atoms with Crippen molar-refractivity contribution in [2.24, 2.45) is 0 Å². The second kappa shape index (κ2) is 37.9. The SMILES string of the molecule is COCCOC(=O)CCCC(=O)OC(C)N(CCN(C(C)OC(=O)CCCC(=O)OCCOC)C(C)OC(=O)CCCC(=O)OCCOC)C(C)OC(=O)CCCC(=O)OCCOC. The van der Waals surface area contributed by atoms with Crippen LogP contribution in [0.5, 0.6) is 0 Å². The molecule has 370 valence electrons. The minimum atomic E-state index is -1.02. The summed E-state index contributed by atoms with van der Waals surface area (Å²) in [7, 11) is 5.88. The number of hydrogen-bond donors (Lipinski definition) is 0. The fourth-order valence-corrected chi connectivity index (χ4v) is 5.57. The van der Waals surface area contributed by atoms with Gasteiger partial charge in [-0.1, -0.05) is 0 Å². The fraction of sp³-hybridized carbons (Fsp3) is 0.810. The van der Waals surface area contributed by atoms with Crippen molar-refractivity contribution in [2.45, 2.75) is 130 Å². The molecule has 22 heteroatoms. The van der Waals surface area contributed by atoms with Crippen LogP contribution in [0.25, 0.3) is 0 Å². The van der Waals surface area contributed by atoms with Crippen molar-refractivity contribution in [1.82, 2.24) is 9.80 Å². The molecule has 0 heterocycles. The Bertz CT molecular complexity index is 1170. The summed E-state index contributed by atoms with van der Waals surface area (Å²) in [6, 6.07) is 0. The van der Waals surface area contributed by atoms with Crippen molar-refractivity contribution in [2.75, 3.05) is 94.4 Å². The first-order chi connectivity index (χ1) is 30.6. The lowest BCUT2D eigenvalue weighted by Crippen LogP contribution is -2.52. The van der Waals surface area contributed by atoms with Crippen molar-refractivity contribution in [1.29, 1.82) is 0 Å². The third kappa shape index (κ3) is 31.4. The minimum Gasteiger partial charge on any atom is -0.463 e. The first kappa shape index (κ1) is 59.5. The molecule has 0 aromatic rings. The molecule has 0 N–H and O–H groups in total. The zero-order valence-corrected chi connectivity index (χ0v) is 38.9. The second-order valence-electron chi connectivity index (χ2n) is 14.1. The van der Waals surface area contributed by atoms with Gasteiger partial charge in [-0.2, -0.15) is 0 Å². The molecule has 0 fully saturated rings. The number of nitrogens with zero attached hydrogens (tertiary/aromatic N) is 2. The summed E-state index contributed by atoms with van der Waals surface area (Å²) in [4.78, 5) is 103. The number of carbonyl (C=O) groups excluding carboxylic acids is 8. The monoisotopic (exact) mass is 924 g/mol. The van der Waals surface area contributed by atoms with Gasteiger partial charge in [0, 0.05) is 92.9 Å². The molecular formula is C42H72N2O20. The van der Waals surface area contributed by atoms with E-state index in [2.05, 4.69) is 0 Å². The first-order valence-corrected chi connectivity index (χ1v) is 21.5. The number of rotatable bonds is 39. The van der Waals surface area contributed by atoms with Crippen LogP contribution in [0.3, 0.4) is 0 Å². The number of methoxy groups -OCH3 is 4. The highest BCUT2D eigenvalue weighted by atomic mass is 16.6. The maximum Gasteiger partial charge on any atom is 0.307 e. The molecule has 22 nitrogen and oxygen atoms in total. The Hall–Kier alpha value is -4.48. The number of carbonyl (C=O) groups is 8. The predicted octanol–water partition coefficient (Wildman–Crippen LogP) is 2.59. The minimum absolute atomic E-state index is 0.0229. The van der Waals surface area contributed by atoms with E-state index in [1.807, 2.05) is 0 Å². The Morgan fingerprint density at radius 3 is 0.688 bits per heavy atom. The van der Waals surface area contributed by atoms with Crippen LogP contribution in [0.1, 0.15) is 105 Å². The highest BCUT2D eigenvalue weighted by molar-refractivity contribution is 5.74. The van der Waals surface area contributed by atoms with Crippen molar-refractivity contribution < 1.29 is 95.2 Å². The highest BCUT2D eigenvalue weighted by Gasteiger charge is 2.31. The van der Waals surface area contributed by atoms with Gasteiger partial charge in [-0.15, -0.1) is 0 Å². The first-order valence-electron chi connectivity index (χ1n) is 21.5. The third-order valence-electron chi connectivity index (χ3n) is 8.94. The number of esters is 8. The van der Waals surface area contributed by atoms with E-state index in [0.29, 0.717) is 0 Å². The lowest BCUT2D eigenvalue weighted by molar-refractivity contribution is -0.192. The molecule has 0 rings (SSSR count). The number of hydrogen-bond acceptors (Lipinski definition) is 22. The molecule has 0 saturated carbocycles. The topological polar surface area (TPSA) is 254 Å². The molecule has 0 aliphatic rings. The molecule has 4 unspecified atom stereocenters. The molecule has 0 spiro atoms. The van der Waals surface area contributed by atoms with Crippen molar-refractivity contribution in [3.8, 4) is 0 Å². The molecule has 0 saturated heterocycles. The maximum absolute atomic E-state index is 13.0. The molecular weight excluding hydrogens is 852 g/mol. The molecule has 64 heavy (non-hydrogen) atoms. The molecule has 0 aliphatic heterocycles. The fourth-order valence-electron chi connectivity index (χ4n) is 5.57. The largest absolute Gasteiger partial charge is 0.463 e. The average Bonchev–Trinajstić information content (AvgIpc) is 3.22. The van der Waals surface area contributed by atoms with Crippen molar-refractivity contribution in [3.63, 3.8) is 0 Å². The second-order valence-corrected chi connectivity index (χ2v) is 14.1. The molecule has 0 radical (unpaired) electrons. The van der Waals surface area contributed by atoms with Crippen LogP contribution in [-0.4, -0.2) is 177 Å². The van der Waals surface area contributed by atoms with Crippen LogP contribution in [0.2, 0.25) is 0 Å². The normalized spacial score (nSPS) is 13.0. The van der Waals surface area contributed by atoms with Crippen LogP contribution in [0.15, 0.2) is 0 Å². The Kier molecular flexibility index (Phi) is 35.2. The van der Waals surface area contributed by atoms with Gasteiger partial charge in [0.2, 0.25) is 0 Å². The Morgan fingerprint density at radius 1 is 0.312 bits per heavy atom. The van der Waals surface area contributed by atoms with Gasteiger partial charge in [-0.3, -0.25) is 38.4 Å². The van der Waals surface area contributed by atoms with E-state index in [-0.39, 0.29) is 143 Å². The van der Waals surface area contributed by atoms with Crippen LogP contribution >= 0.6 is 0 Å². The zero-order valence-electron chi connectivity index (χ0n) is 38.9. The number of ether oxygens (including phenoxy) is 12. The van der Waals surface area contributed by atoms with E-state index < -0.39 is 72.7 Å². The molecule has 0 aromatic heterocycles.